The van der Waals surface area contributed by atoms with Crippen molar-refractivity contribution in [2.45, 2.75) is 6.92 Å². The smallest absolute Gasteiger partial charge is 0.343 e. The van der Waals surface area contributed by atoms with Gasteiger partial charge in [-0.05, 0) is 90.9 Å². The second-order valence-corrected chi connectivity index (χ2v) is 10.1. The quantitative estimate of drug-likeness (QED) is 0.0736. The van der Waals surface area contributed by atoms with Gasteiger partial charge in [0, 0.05) is 10.0 Å². The number of nitrogens with zero attached hydrogens (tertiary/aromatic N) is 1. The van der Waals surface area contributed by atoms with Gasteiger partial charge in [0.25, 0.3) is 11.8 Å². The van der Waals surface area contributed by atoms with Crippen LogP contribution in [-0.2, 0) is 4.79 Å². The Labute approximate surface area is 261 Å². The van der Waals surface area contributed by atoms with Gasteiger partial charge in [-0.1, -0.05) is 40.2 Å². The summed E-state index contributed by atoms with van der Waals surface area (Å²) in [5.74, 6) is 0.0185. The molecule has 0 spiro atoms. The SMILES string of the molecule is CCOc1cc(/C=N\NC(=O)/C(=C\c2ccc3c(c2)OCO3)NC(=O)c2ccccc2)ccc1OC(=O)c1ccc(Br)cc1. The number of fused-ring (bicyclic) bond motifs is 1. The maximum Gasteiger partial charge on any atom is 0.343 e. The minimum Gasteiger partial charge on any atom is -0.490 e. The van der Waals surface area contributed by atoms with Crippen LogP contribution in [0.5, 0.6) is 23.0 Å². The van der Waals surface area contributed by atoms with E-state index >= 15 is 0 Å². The molecule has 5 rings (SSSR count). The molecule has 0 unspecified atom stereocenters. The minimum atomic E-state index is -0.659. The molecule has 0 saturated carbocycles. The molecule has 1 aliphatic heterocycles. The molecule has 11 heteroatoms. The van der Waals surface area contributed by atoms with E-state index in [1.165, 1.54) is 12.3 Å². The number of nitrogens with one attached hydrogen (secondary N) is 2. The molecular formula is C33H26BrN3O7. The second-order valence-electron chi connectivity index (χ2n) is 9.23. The minimum absolute atomic E-state index is 0.0416. The van der Waals surface area contributed by atoms with E-state index in [2.05, 4.69) is 31.8 Å². The van der Waals surface area contributed by atoms with Gasteiger partial charge >= 0.3 is 5.97 Å². The number of hydrogen-bond donors (Lipinski definition) is 2. The summed E-state index contributed by atoms with van der Waals surface area (Å²) in [6, 6.07) is 25.3. The van der Waals surface area contributed by atoms with Gasteiger partial charge in [-0.3, -0.25) is 9.59 Å². The van der Waals surface area contributed by atoms with Crippen LogP contribution in [0, 0.1) is 0 Å². The molecule has 4 aromatic rings. The molecule has 4 aromatic carbocycles. The van der Waals surface area contributed by atoms with Gasteiger partial charge in [-0.25, -0.2) is 10.2 Å². The molecule has 44 heavy (non-hydrogen) atoms. The van der Waals surface area contributed by atoms with Crippen molar-refractivity contribution in [3.05, 3.63) is 123 Å². The molecule has 2 N–H and O–H groups in total. The van der Waals surface area contributed by atoms with Crippen LogP contribution in [0.4, 0.5) is 0 Å². The van der Waals surface area contributed by atoms with Crippen molar-refractivity contribution >= 4 is 46.0 Å². The second kappa shape index (κ2) is 14.2. The molecule has 0 fully saturated rings. The van der Waals surface area contributed by atoms with Crippen molar-refractivity contribution in [1.82, 2.24) is 10.7 Å². The van der Waals surface area contributed by atoms with E-state index in [4.69, 9.17) is 18.9 Å². The summed E-state index contributed by atoms with van der Waals surface area (Å²) >= 11 is 3.34. The Kier molecular flexibility index (Phi) is 9.68. The van der Waals surface area contributed by atoms with Crippen LogP contribution in [0.25, 0.3) is 6.08 Å². The number of hydrogen-bond acceptors (Lipinski definition) is 8. The molecular weight excluding hydrogens is 630 g/mol. The first kappa shape index (κ1) is 30.1. The van der Waals surface area contributed by atoms with E-state index in [-0.39, 0.29) is 18.2 Å². The molecule has 1 aliphatic rings. The zero-order chi connectivity index (χ0) is 30.9. The Bertz CT molecular complexity index is 1740. The van der Waals surface area contributed by atoms with Crippen molar-refractivity contribution in [3.8, 4) is 23.0 Å². The van der Waals surface area contributed by atoms with E-state index in [1.807, 2.05) is 0 Å². The number of esters is 1. The maximum atomic E-state index is 13.2. The fraction of sp³-hybridized carbons (Fsp3) is 0.0909. The topological polar surface area (TPSA) is 125 Å². The van der Waals surface area contributed by atoms with Crippen LogP contribution in [0.15, 0.2) is 106 Å². The Morgan fingerprint density at radius 2 is 1.61 bits per heavy atom. The lowest BCUT2D eigenvalue weighted by molar-refractivity contribution is -0.117. The van der Waals surface area contributed by atoms with Crippen molar-refractivity contribution < 1.29 is 33.3 Å². The van der Waals surface area contributed by atoms with Gasteiger partial charge in [0.2, 0.25) is 6.79 Å². The lowest BCUT2D eigenvalue weighted by Gasteiger charge is -2.11. The molecule has 2 amide bonds. The van der Waals surface area contributed by atoms with E-state index in [0.717, 1.165) is 4.47 Å². The zero-order valence-electron chi connectivity index (χ0n) is 23.4. The average Bonchev–Trinajstić information content (AvgIpc) is 3.51. The number of ether oxygens (including phenoxy) is 4. The van der Waals surface area contributed by atoms with Gasteiger partial charge in [-0.15, -0.1) is 0 Å². The van der Waals surface area contributed by atoms with Crippen molar-refractivity contribution in [2.75, 3.05) is 13.4 Å². The Hall–Kier alpha value is -5.42. The van der Waals surface area contributed by atoms with E-state index in [0.29, 0.717) is 46.1 Å². The summed E-state index contributed by atoms with van der Waals surface area (Å²) in [4.78, 5) is 38.7. The highest BCUT2D eigenvalue weighted by atomic mass is 79.9. The molecule has 0 aliphatic carbocycles. The normalized spacial score (nSPS) is 12.1. The van der Waals surface area contributed by atoms with Crippen LogP contribution in [0.2, 0.25) is 0 Å². The number of halogens is 1. The van der Waals surface area contributed by atoms with E-state index in [1.54, 1.807) is 97.9 Å². The molecule has 10 nitrogen and oxygen atoms in total. The molecule has 0 radical (unpaired) electrons. The van der Waals surface area contributed by atoms with Gasteiger partial charge in [-0.2, -0.15) is 5.10 Å². The number of carbonyl (C=O) groups excluding carboxylic acids is 3. The highest BCUT2D eigenvalue weighted by Crippen LogP contribution is 2.33. The summed E-state index contributed by atoms with van der Waals surface area (Å²) in [6.07, 6.45) is 2.91. The number of rotatable bonds is 10. The molecule has 0 saturated heterocycles. The summed E-state index contributed by atoms with van der Waals surface area (Å²) < 4.78 is 22.8. The van der Waals surface area contributed by atoms with Crippen LogP contribution < -0.4 is 29.7 Å². The summed E-state index contributed by atoms with van der Waals surface area (Å²) in [5.41, 5.74) is 4.33. The van der Waals surface area contributed by atoms with Gasteiger partial charge in [0.15, 0.2) is 23.0 Å². The van der Waals surface area contributed by atoms with E-state index < -0.39 is 17.8 Å². The first-order chi connectivity index (χ1) is 21.4. The van der Waals surface area contributed by atoms with Gasteiger partial charge < -0.3 is 24.3 Å². The predicted octanol–water partition coefficient (Wildman–Crippen LogP) is 5.72. The van der Waals surface area contributed by atoms with Crippen LogP contribution in [0.3, 0.4) is 0 Å². The molecule has 1 heterocycles. The highest BCUT2D eigenvalue weighted by molar-refractivity contribution is 9.10. The first-order valence-electron chi connectivity index (χ1n) is 13.5. The van der Waals surface area contributed by atoms with Gasteiger partial charge in [0.05, 0.1) is 18.4 Å². The third kappa shape index (κ3) is 7.69. The Morgan fingerprint density at radius 3 is 2.39 bits per heavy atom. The fourth-order valence-corrected chi connectivity index (χ4v) is 4.30. The monoisotopic (exact) mass is 655 g/mol. The predicted molar refractivity (Wildman–Crippen MR) is 167 cm³/mol. The van der Waals surface area contributed by atoms with Crippen molar-refractivity contribution in [2.24, 2.45) is 5.10 Å². The third-order valence-electron chi connectivity index (χ3n) is 6.17. The van der Waals surface area contributed by atoms with E-state index in [9.17, 15) is 14.4 Å². The van der Waals surface area contributed by atoms with Gasteiger partial charge in [0.1, 0.15) is 5.70 Å². The molecule has 222 valence electrons. The van der Waals surface area contributed by atoms with Crippen molar-refractivity contribution in [3.63, 3.8) is 0 Å². The number of amides is 2. The average molecular weight is 656 g/mol. The van der Waals surface area contributed by atoms with Crippen LogP contribution in [-0.4, -0.2) is 37.4 Å². The Morgan fingerprint density at radius 1 is 0.864 bits per heavy atom. The highest BCUT2D eigenvalue weighted by Gasteiger charge is 2.17. The molecule has 0 atom stereocenters. The van der Waals surface area contributed by atoms with Crippen molar-refractivity contribution in [1.29, 1.82) is 0 Å². The standard InChI is InChI=1S/C33H26BrN3O7/c1-2-41-30-18-22(9-15-28(30)44-33(40)24-10-12-25(34)13-11-24)19-35-37-32(39)26(36-31(38)23-6-4-3-5-7-23)16-21-8-14-27-29(17-21)43-20-42-27/h3-19H,2,20H2,1H3,(H,36,38)(H,37,39)/b26-16+,35-19-. The number of carbonyl (C=O) groups is 3. The molecule has 0 bridgehead atoms. The summed E-state index contributed by atoms with van der Waals surface area (Å²) in [6.45, 7) is 2.24. The number of hydrazone groups is 1. The molecule has 0 aromatic heterocycles. The zero-order valence-corrected chi connectivity index (χ0v) is 25.0. The third-order valence-corrected chi connectivity index (χ3v) is 6.70. The van der Waals surface area contributed by atoms with Crippen LogP contribution >= 0.6 is 15.9 Å². The Balaban J connectivity index is 1.31. The first-order valence-corrected chi connectivity index (χ1v) is 14.2. The largest absolute Gasteiger partial charge is 0.490 e. The lowest BCUT2D eigenvalue weighted by Crippen LogP contribution is -2.32. The fourth-order valence-electron chi connectivity index (χ4n) is 4.04. The summed E-state index contributed by atoms with van der Waals surface area (Å²) in [5, 5.41) is 6.72. The summed E-state index contributed by atoms with van der Waals surface area (Å²) in [7, 11) is 0. The number of benzene rings is 4. The lowest BCUT2D eigenvalue weighted by atomic mass is 10.1. The maximum absolute atomic E-state index is 13.2. The van der Waals surface area contributed by atoms with Crippen LogP contribution in [0.1, 0.15) is 38.8 Å².